The van der Waals surface area contributed by atoms with Crippen molar-refractivity contribution in [3.63, 3.8) is 0 Å². The number of phenolic OH excluding ortho intramolecular Hbond substituents is 1. The summed E-state index contributed by atoms with van der Waals surface area (Å²) in [6.07, 6.45) is 1.42. The number of phenols is 1. The smallest absolute Gasteiger partial charge is 0.164 e. The van der Waals surface area contributed by atoms with E-state index in [-0.39, 0.29) is 18.2 Å². The molecule has 0 saturated carbocycles. The van der Waals surface area contributed by atoms with E-state index in [0.29, 0.717) is 45.1 Å². The van der Waals surface area contributed by atoms with Crippen LogP contribution in [0.15, 0.2) is 88.9 Å². The molecule has 3 aromatic carbocycles. The molecule has 2 heterocycles. The summed E-state index contributed by atoms with van der Waals surface area (Å²) in [5, 5.41) is 23.1. The van der Waals surface area contributed by atoms with Gasteiger partial charge in [-0.3, -0.25) is 0 Å². The van der Waals surface area contributed by atoms with Gasteiger partial charge in [0.1, 0.15) is 42.1 Å². The number of aromatic hydroxyl groups is 1. The average Bonchev–Trinajstić information content (AvgIpc) is 2.90. The first-order valence-electron chi connectivity index (χ1n) is 11.3. The molecular formula is C28H20FN5O2S. The van der Waals surface area contributed by atoms with Gasteiger partial charge in [0.05, 0.1) is 22.3 Å². The number of aromatic nitrogens is 3. The van der Waals surface area contributed by atoms with Gasteiger partial charge in [0, 0.05) is 15.9 Å². The standard InChI is InChI=1S/C28H20FN5O2S/c1-17-19(14-30)12-24-27(33-17)31-16-32-28(24)34-25-13-22(36-15-18-3-2-4-20(29)11-18)7-10-26(25)37-23-8-5-21(35)6-9-23/h2-13,16,35H,15H2,1H3,(H,31,32,33,34). The second-order valence-electron chi connectivity index (χ2n) is 8.12. The molecule has 0 fully saturated rings. The lowest BCUT2D eigenvalue weighted by atomic mass is 10.1. The highest BCUT2D eigenvalue weighted by Crippen LogP contribution is 2.38. The zero-order valence-corrected chi connectivity index (χ0v) is 20.5. The molecule has 0 bridgehead atoms. The molecule has 2 aromatic heterocycles. The molecule has 0 spiro atoms. The number of fused-ring (bicyclic) bond motifs is 1. The van der Waals surface area contributed by atoms with E-state index in [4.69, 9.17) is 4.74 Å². The number of nitrogens with one attached hydrogen (secondary N) is 1. The van der Waals surface area contributed by atoms with Crippen LogP contribution in [-0.2, 0) is 6.61 Å². The average molecular weight is 510 g/mol. The number of pyridine rings is 1. The fourth-order valence-electron chi connectivity index (χ4n) is 3.64. The summed E-state index contributed by atoms with van der Waals surface area (Å²) in [6.45, 7) is 1.96. The highest BCUT2D eigenvalue weighted by molar-refractivity contribution is 7.99. The van der Waals surface area contributed by atoms with Crippen molar-refractivity contribution in [1.82, 2.24) is 15.0 Å². The lowest BCUT2D eigenvalue weighted by Gasteiger charge is -2.15. The number of nitrogens with zero attached hydrogens (tertiary/aromatic N) is 4. The van der Waals surface area contributed by atoms with E-state index in [1.54, 1.807) is 37.3 Å². The van der Waals surface area contributed by atoms with Crippen LogP contribution < -0.4 is 10.1 Å². The Morgan fingerprint density at radius 3 is 2.68 bits per heavy atom. The number of ether oxygens (including phenoxy) is 1. The van der Waals surface area contributed by atoms with E-state index >= 15 is 0 Å². The highest BCUT2D eigenvalue weighted by Gasteiger charge is 2.13. The van der Waals surface area contributed by atoms with Gasteiger partial charge in [-0.25, -0.2) is 19.3 Å². The Hall–Kier alpha value is -4.68. The number of rotatable bonds is 7. The van der Waals surface area contributed by atoms with E-state index in [9.17, 15) is 14.8 Å². The number of anilines is 2. The first-order chi connectivity index (χ1) is 18.0. The van der Waals surface area contributed by atoms with E-state index in [2.05, 4.69) is 26.3 Å². The van der Waals surface area contributed by atoms with Crippen LogP contribution in [0, 0.1) is 24.1 Å². The first-order valence-corrected chi connectivity index (χ1v) is 12.1. The van der Waals surface area contributed by atoms with Crippen molar-refractivity contribution in [3.05, 3.63) is 102 Å². The molecule has 0 atom stereocenters. The maximum Gasteiger partial charge on any atom is 0.164 e. The van der Waals surface area contributed by atoms with Gasteiger partial charge in [0.2, 0.25) is 0 Å². The van der Waals surface area contributed by atoms with Gasteiger partial charge >= 0.3 is 0 Å². The van der Waals surface area contributed by atoms with Crippen LogP contribution in [0.2, 0.25) is 0 Å². The van der Waals surface area contributed by atoms with Gasteiger partial charge in [-0.1, -0.05) is 23.9 Å². The van der Waals surface area contributed by atoms with Gasteiger partial charge in [-0.2, -0.15) is 5.26 Å². The summed E-state index contributed by atoms with van der Waals surface area (Å²) < 4.78 is 19.5. The van der Waals surface area contributed by atoms with Crippen molar-refractivity contribution in [2.24, 2.45) is 0 Å². The Bertz CT molecular complexity index is 1640. The molecule has 182 valence electrons. The minimum atomic E-state index is -0.319. The molecule has 5 aromatic rings. The number of hydrogen-bond donors (Lipinski definition) is 2. The number of nitriles is 1. The van der Waals surface area contributed by atoms with Crippen LogP contribution in [0.5, 0.6) is 11.5 Å². The van der Waals surface area contributed by atoms with Crippen LogP contribution in [0.3, 0.4) is 0 Å². The van der Waals surface area contributed by atoms with E-state index in [0.717, 1.165) is 9.79 Å². The summed E-state index contributed by atoms with van der Waals surface area (Å²) in [6, 6.07) is 22.6. The largest absolute Gasteiger partial charge is 0.508 e. The van der Waals surface area contributed by atoms with Crippen molar-refractivity contribution in [1.29, 1.82) is 5.26 Å². The second kappa shape index (κ2) is 10.5. The Morgan fingerprint density at radius 2 is 1.89 bits per heavy atom. The molecule has 0 aliphatic heterocycles. The second-order valence-corrected chi connectivity index (χ2v) is 9.24. The highest BCUT2D eigenvalue weighted by atomic mass is 32.2. The van der Waals surface area contributed by atoms with Gasteiger partial charge < -0.3 is 15.2 Å². The van der Waals surface area contributed by atoms with Gasteiger partial charge in [0.25, 0.3) is 0 Å². The molecule has 0 unspecified atom stereocenters. The quantitative estimate of drug-likeness (QED) is 0.255. The Labute approximate surface area is 216 Å². The third-order valence-electron chi connectivity index (χ3n) is 5.50. The maximum atomic E-state index is 13.6. The molecule has 37 heavy (non-hydrogen) atoms. The third-order valence-corrected chi connectivity index (χ3v) is 6.58. The monoisotopic (exact) mass is 509 g/mol. The number of benzene rings is 3. The predicted octanol–water partition coefficient (Wildman–Crippen LogP) is 6.52. The maximum absolute atomic E-state index is 13.6. The van der Waals surface area contributed by atoms with Crippen LogP contribution in [-0.4, -0.2) is 20.1 Å². The molecule has 7 nitrogen and oxygen atoms in total. The van der Waals surface area contributed by atoms with Gasteiger partial charge in [0.15, 0.2) is 5.65 Å². The molecule has 0 saturated heterocycles. The van der Waals surface area contributed by atoms with Crippen LogP contribution >= 0.6 is 11.8 Å². The van der Waals surface area contributed by atoms with Crippen molar-refractivity contribution in [2.45, 2.75) is 23.3 Å². The molecule has 0 radical (unpaired) electrons. The van der Waals surface area contributed by atoms with Crippen molar-refractivity contribution < 1.29 is 14.2 Å². The third kappa shape index (κ3) is 5.60. The predicted molar refractivity (Wildman–Crippen MR) is 139 cm³/mol. The van der Waals surface area contributed by atoms with Crippen LogP contribution in [0.4, 0.5) is 15.9 Å². The summed E-state index contributed by atoms with van der Waals surface area (Å²) in [4.78, 5) is 14.9. The first kappa shape index (κ1) is 24.0. The van der Waals surface area contributed by atoms with E-state index in [1.807, 2.05) is 30.3 Å². The Morgan fingerprint density at radius 1 is 1.05 bits per heavy atom. The van der Waals surface area contributed by atoms with Crippen LogP contribution in [0.25, 0.3) is 11.0 Å². The van der Waals surface area contributed by atoms with E-state index < -0.39 is 0 Å². The molecule has 0 aliphatic rings. The molecule has 0 amide bonds. The Balaban J connectivity index is 1.51. The van der Waals surface area contributed by atoms with Gasteiger partial charge in [-0.05, 0) is 67.1 Å². The van der Waals surface area contributed by atoms with Crippen molar-refractivity contribution in [3.8, 4) is 17.6 Å². The van der Waals surface area contributed by atoms with Crippen LogP contribution in [0.1, 0.15) is 16.8 Å². The van der Waals surface area contributed by atoms with Crippen molar-refractivity contribution >= 4 is 34.3 Å². The normalized spacial score (nSPS) is 10.7. The molecular weight excluding hydrogens is 489 g/mol. The molecule has 0 aliphatic carbocycles. The minimum Gasteiger partial charge on any atom is -0.508 e. The summed E-state index contributed by atoms with van der Waals surface area (Å²) in [5.74, 6) is 0.934. The number of halogens is 1. The SMILES string of the molecule is Cc1nc2ncnc(Nc3cc(OCc4cccc(F)c4)ccc3Sc3ccc(O)cc3)c2cc1C#N. The van der Waals surface area contributed by atoms with Crippen molar-refractivity contribution in [2.75, 3.05) is 5.32 Å². The fourth-order valence-corrected chi connectivity index (χ4v) is 4.52. The topological polar surface area (TPSA) is 104 Å². The zero-order valence-electron chi connectivity index (χ0n) is 19.6. The molecule has 2 N–H and O–H groups in total. The zero-order chi connectivity index (χ0) is 25.8. The summed E-state index contributed by atoms with van der Waals surface area (Å²) >= 11 is 1.49. The number of hydrogen-bond acceptors (Lipinski definition) is 8. The fraction of sp³-hybridized carbons (Fsp3) is 0.0714. The molecule has 5 rings (SSSR count). The van der Waals surface area contributed by atoms with Gasteiger partial charge in [-0.15, -0.1) is 0 Å². The lowest BCUT2D eigenvalue weighted by molar-refractivity contribution is 0.305. The van der Waals surface area contributed by atoms with E-state index in [1.165, 1.54) is 30.2 Å². The molecule has 9 heteroatoms. The summed E-state index contributed by atoms with van der Waals surface area (Å²) in [5.41, 5.74) is 2.92. The Kier molecular flexibility index (Phi) is 6.83. The number of aryl methyl sites for hydroxylation is 1. The summed E-state index contributed by atoms with van der Waals surface area (Å²) in [7, 11) is 0. The minimum absolute atomic E-state index is 0.187. The lowest BCUT2D eigenvalue weighted by Crippen LogP contribution is -2.01.